The maximum Gasteiger partial charge on any atom is 0.264 e. The molecule has 2 aromatic carbocycles. The lowest BCUT2D eigenvalue weighted by molar-refractivity contribution is -0.132. The third-order valence-corrected chi connectivity index (χ3v) is 6.70. The number of hydrogen-bond acceptors (Lipinski definition) is 5. The number of rotatable bonds is 4. The lowest BCUT2D eigenvalue weighted by atomic mass is 10.00. The van der Waals surface area contributed by atoms with Crippen molar-refractivity contribution in [1.82, 2.24) is 19.4 Å². The van der Waals surface area contributed by atoms with Gasteiger partial charge >= 0.3 is 0 Å². The topological polar surface area (TPSA) is 68.1 Å². The molecule has 6 nitrogen and oxygen atoms in total. The Bertz CT molecular complexity index is 1340. The average molecular weight is 443 g/mol. The summed E-state index contributed by atoms with van der Waals surface area (Å²) in [6.07, 6.45) is 2.39. The zero-order valence-corrected chi connectivity index (χ0v) is 18.5. The Morgan fingerprint density at radius 1 is 1.06 bits per heavy atom. The Balaban J connectivity index is 1.40. The molecule has 1 aliphatic heterocycles. The fourth-order valence-corrected chi connectivity index (χ4v) is 4.82. The molecule has 0 spiro atoms. The molecular formula is C25H22N4O2S. The van der Waals surface area contributed by atoms with Crippen LogP contribution in [0.3, 0.4) is 0 Å². The zero-order chi connectivity index (χ0) is 22.1. The van der Waals surface area contributed by atoms with E-state index < -0.39 is 0 Å². The summed E-state index contributed by atoms with van der Waals surface area (Å²) < 4.78 is 1.46. The highest BCUT2D eigenvalue weighted by Crippen LogP contribution is 2.27. The molecular weight excluding hydrogens is 420 g/mol. The number of carbonyl (C=O) groups is 1. The quantitative estimate of drug-likeness (QED) is 0.480. The zero-order valence-electron chi connectivity index (χ0n) is 17.7. The third kappa shape index (κ3) is 3.87. The molecule has 0 unspecified atom stereocenters. The van der Waals surface area contributed by atoms with E-state index in [1.165, 1.54) is 27.0 Å². The Labute approximate surface area is 189 Å². The van der Waals surface area contributed by atoms with Crippen molar-refractivity contribution in [2.24, 2.45) is 0 Å². The van der Waals surface area contributed by atoms with Gasteiger partial charge in [0.05, 0.1) is 11.3 Å². The fourth-order valence-electron chi connectivity index (χ4n) is 3.99. The van der Waals surface area contributed by atoms with Crippen LogP contribution in [0.25, 0.3) is 21.8 Å². The van der Waals surface area contributed by atoms with Crippen LogP contribution < -0.4 is 5.56 Å². The lowest BCUT2D eigenvalue weighted by Gasteiger charge is -2.29. The van der Waals surface area contributed by atoms with Gasteiger partial charge in [-0.05, 0) is 24.5 Å². The molecule has 4 aromatic rings. The number of benzene rings is 2. The minimum Gasteiger partial charge on any atom is -0.336 e. The first-order valence-electron chi connectivity index (χ1n) is 10.5. The van der Waals surface area contributed by atoms with Crippen LogP contribution in [0.5, 0.6) is 0 Å². The highest BCUT2D eigenvalue weighted by molar-refractivity contribution is 7.13. The van der Waals surface area contributed by atoms with Crippen molar-refractivity contribution in [3.05, 3.63) is 93.5 Å². The number of nitrogens with zero attached hydrogens (tertiary/aromatic N) is 4. The summed E-state index contributed by atoms with van der Waals surface area (Å²) in [6, 6.07) is 18.0. The van der Waals surface area contributed by atoms with E-state index in [1.54, 1.807) is 13.1 Å². The highest BCUT2D eigenvalue weighted by Gasteiger charge is 2.22. The number of hydrogen-bond donors (Lipinski definition) is 0. The number of fused-ring (bicyclic) bond motifs is 1. The molecule has 1 amide bonds. The smallest absolute Gasteiger partial charge is 0.264 e. The monoisotopic (exact) mass is 442 g/mol. The molecule has 5 rings (SSSR count). The van der Waals surface area contributed by atoms with Crippen molar-refractivity contribution in [2.75, 3.05) is 6.54 Å². The molecule has 0 N–H and O–H groups in total. The van der Waals surface area contributed by atoms with Crippen LogP contribution in [0.1, 0.15) is 17.0 Å². The van der Waals surface area contributed by atoms with Gasteiger partial charge < -0.3 is 4.90 Å². The standard InChI is InChI=1S/C25H22N4O2S/c1-17-26-13-21(24-27-22(16-32-24)19-8-3-2-4-9-19)25(31)29(17)15-23(30)28-12-11-18-7-5-6-10-20(18)14-28/h2-10,13,16H,11-12,14-15H2,1H3. The molecule has 0 saturated carbocycles. The molecule has 3 heterocycles. The van der Waals surface area contributed by atoms with E-state index in [0.717, 1.165) is 17.7 Å². The van der Waals surface area contributed by atoms with Gasteiger partial charge in [-0.15, -0.1) is 11.3 Å². The van der Waals surface area contributed by atoms with Gasteiger partial charge in [0.15, 0.2) is 0 Å². The van der Waals surface area contributed by atoms with Crippen molar-refractivity contribution in [3.63, 3.8) is 0 Å². The Hall–Kier alpha value is -3.58. The fraction of sp³-hybridized carbons (Fsp3) is 0.200. The van der Waals surface area contributed by atoms with Crippen LogP contribution in [0, 0.1) is 6.92 Å². The van der Waals surface area contributed by atoms with Gasteiger partial charge in [0.25, 0.3) is 5.56 Å². The Morgan fingerprint density at radius 2 is 1.81 bits per heavy atom. The lowest BCUT2D eigenvalue weighted by Crippen LogP contribution is -2.40. The number of amides is 1. The first-order chi connectivity index (χ1) is 15.6. The second-order valence-corrected chi connectivity index (χ2v) is 8.71. The van der Waals surface area contributed by atoms with Crippen molar-refractivity contribution >= 4 is 17.2 Å². The largest absolute Gasteiger partial charge is 0.336 e. The van der Waals surface area contributed by atoms with Crippen molar-refractivity contribution < 1.29 is 4.79 Å². The van der Waals surface area contributed by atoms with E-state index in [2.05, 4.69) is 22.1 Å². The predicted octanol–water partition coefficient (Wildman–Crippen LogP) is 3.93. The summed E-state index contributed by atoms with van der Waals surface area (Å²) in [4.78, 5) is 37.2. The summed E-state index contributed by atoms with van der Waals surface area (Å²) >= 11 is 1.41. The molecule has 0 saturated heterocycles. The van der Waals surface area contributed by atoms with E-state index in [4.69, 9.17) is 0 Å². The van der Waals surface area contributed by atoms with Crippen molar-refractivity contribution in [3.8, 4) is 21.8 Å². The summed E-state index contributed by atoms with van der Waals surface area (Å²) in [6.45, 7) is 2.96. The second-order valence-electron chi connectivity index (χ2n) is 7.85. The molecule has 7 heteroatoms. The molecule has 0 aliphatic carbocycles. The van der Waals surface area contributed by atoms with Crippen LogP contribution in [0.2, 0.25) is 0 Å². The van der Waals surface area contributed by atoms with Gasteiger partial charge in [-0.25, -0.2) is 9.97 Å². The molecule has 0 bridgehead atoms. The normalized spacial score (nSPS) is 13.1. The Morgan fingerprint density at radius 3 is 2.62 bits per heavy atom. The van der Waals surface area contributed by atoms with Crippen LogP contribution in [-0.2, 0) is 24.3 Å². The molecule has 32 heavy (non-hydrogen) atoms. The molecule has 2 aromatic heterocycles. The number of carbonyl (C=O) groups excluding carboxylic acids is 1. The van der Waals surface area contributed by atoms with Crippen molar-refractivity contribution in [1.29, 1.82) is 0 Å². The van der Waals surface area contributed by atoms with E-state index in [1.807, 2.05) is 52.7 Å². The molecule has 0 radical (unpaired) electrons. The first kappa shape index (κ1) is 20.3. The maximum atomic E-state index is 13.3. The van der Waals surface area contributed by atoms with Gasteiger partial charge in [-0.3, -0.25) is 14.2 Å². The van der Waals surface area contributed by atoms with Gasteiger partial charge in [-0.1, -0.05) is 54.6 Å². The molecule has 0 fully saturated rings. The Kier molecular flexibility index (Phi) is 5.41. The third-order valence-electron chi connectivity index (χ3n) is 5.83. The maximum absolute atomic E-state index is 13.3. The number of aryl methyl sites for hydroxylation is 1. The SMILES string of the molecule is Cc1ncc(-c2nc(-c3ccccc3)cs2)c(=O)n1CC(=O)N1CCc2ccccc2C1. The minimum atomic E-state index is -0.239. The summed E-state index contributed by atoms with van der Waals surface area (Å²) in [5, 5.41) is 2.54. The number of aromatic nitrogens is 3. The first-order valence-corrected chi connectivity index (χ1v) is 11.4. The van der Waals surface area contributed by atoms with Crippen LogP contribution in [0.4, 0.5) is 0 Å². The van der Waals surface area contributed by atoms with E-state index in [0.29, 0.717) is 29.5 Å². The van der Waals surface area contributed by atoms with Gasteiger partial charge in [-0.2, -0.15) is 0 Å². The van der Waals surface area contributed by atoms with Crippen LogP contribution in [-0.4, -0.2) is 31.9 Å². The molecule has 1 aliphatic rings. The number of thiazole rings is 1. The van der Waals surface area contributed by atoms with Gasteiger partial charge in [0.1, 0.15) is 17.4 Å². The van der Waals surface area contributed by atoms with Gasteiger partial charge in [0.2, 0.25) is 5.91 Å². The van der Waals surface area contributed by atoms with Crippen LogP contribution in [0.15, 0.2) is 71.0 Å². The molecule has 0 atom stereocenters. The minimum absolute atomic E-state index is 0.0232. The average Bonchev–Trinajstić information content (AvgIpc) is 3.32. The highest BCUT2D eigenvalue weighted by atomic mass is 32.1. The van der Waals surface area contributed by atoms with Crippen LogP contribution >= 0.6 is 11.3 Å². The summed E-state index contributed by atoms with van der Waals surface area (Å²) in [7, 11) is 0. The molecule has 160 valence electrons. The predicted molar refractivity (Wildman–Crippen MR) is 125 cm³/mol. The van der Waals surface area contributed by atoms with Crippen molar-refractivity contribution in [2.45, 2.75) is 26.4 Å². The summed E-state index contributed by atoms with van der Waals surface area (Å²) in [5.41, 5.74) is 4.44. The van der Waals surface area contributed by atoms with E-state index in [9.17, 15) is 9.59 Å². The van der Waals surface area contributed by atoms with E-state index >= 15 is 0 Å². The second kappa shape index (κ2) is 8.51. The van der Waals surface area contributed by atoms with E-state index in [-0.39, 0.29) is 18.0 Å². The van der Waals surface area contributed by atoms with Gasteiger partial charge in [0, 0.05) is 30.2 Å². The summed E-state index contributed by atoms with van der Waals surface area (Å²) in [5.74, 6) is 0.442.